The molecule has 2 aromatic carbocycles. The molecule has 0 bridgehead atoms. The molecule has 0 atom stereocenters. The largest absolute Gasteiger partial charge is 0.379 e. The van der Waals surface area contributed by atoms with E-state index in [0.717, 1.165) is 22.7 Å². The Morgan fingerprint density at radius 2 is 1.83 bits per heavy atom. The summed E-state index contributed by atoms with van der Waals surface area (Å²) in [5.41, 5.74) is 2.33. The highest BCUT2D eigenvalue weighted by molar-refractivity contribution is 7.87. The minimum Gasteiger partial charge on any atom is -0.379 e. The fraction of sp³-hybridized carbons (Fsp3) is 0.188. The molecular formula is C16H15NO4S2. The number of aryl methyl sites for hydroxylation is 3. The molecule has 120 valence electrons. The second-order valence-electron chi connectivity index (χ2n) is 5.36. The van der Waals surface area contributed by atoms with Gasteiger partial charge in [-0.2, -0.15) is 8.42 Å². The van der Waals surface area contributed by atoms with Crippen LogP contribution >= 0.6 is 11.5 Å². The van der Waals surface area contributed by atoms with Gasteiger partial charge in [-0.05, 0) is 60.8 Å². The van der Waals surface area contributed by atoms with Crippen LogP contribution in [0.4, 0.5) is 0 Å². The number of benzene rings is 2. The summed E-state index contributed by atoms with van der Waals surface area (Å²) in [4.78, 5) is 11.9. The van der Waals surface area contributed by atoms with Crippen molar-refractivity contribution in [3.63, 3.8) is 0 Å². The van der Waals surface area contributed by atoms with E-state index in [2.05, 4.69) is 0 Å². The number of hydrogen-bond donors (Lipinski definition) is 0. The summed E-state index contributed by atoms with van der Waals surface area (Å²) in [7, 11) is -2.24. The molecule has 0 fully saturated rings. The maximum atomic E-state index is 12.5. The van der Waals surface area contributed by atoms with Crippen molar-refractivity contribution >= 4 is 32.6 Å². The summed E-state index contributed by atoms with van der Waals surface area (Å²) in [6.45, 7) is 3.64. The summed E-state index contributed by atoms with van der Waals surface area (Å²) >= 11 is 1.04. The van der Waals surface area contributed by atoms with Crippen molar-refractivity contribution in [1.82, 2.24) is 3.96 Å². The normalized spacial score (nSPS) is 11.8. The molecule has 3 aromatic rings. The molecule has 1 aromatic heterocycles. The summed E-state index contributed by atoms with van der Waals surface area (Å²) < 4.78 is 31.8. The number of aromatic nitrogens is 1. The van der Waals surface area contributed by atoms with Gasteiger partial charge in [-0.3, -0.25) is 8.75 Å². The lowest BCUT2D eigenvalue weighted by molar-refractivity contribution is 0.484. The molecule has 7 heteroatoms. The van der Waals surface area contributed by atoms with Gasteiger partial charge in [0.1, 0.15) is 10.6 Å². The predicted molar refractivity (Wildman–Crippen MR) is 90.8 cm³/mol. The molecule has 0 radical (unpaired) electrons. The van der Waals surface area contributed by atoms with E-state index in [4.69, 9.17) is 4.18 Å². The Bertz CT molecular complexity index is 1060. The van der Waals surface area contributed by atoms with E-state index in [1.54, 1.807) is 36.1 Å². The minimum atomic E-state index is -4.00. The summed E-state index contributed by atoms with van der Waals surface area (Å²) in [6, 6.07) is 9.80. The van der Waals surface area contributed by atoms with Gasteiger partial charge in [0.15, 0.2) is 0 Å². The Hall–Kier alpha value is -2.12. The molecule has 0 spiro atoms. The van der Waals surface area contributed by atoms with Crippen LogP contribution in [0, 0.1) is 13.8 Å². The maximum Gasteiger partial charge on any atom is 0.339 e. The van der Waals surface area contributed by atoms with Gasteiger partial charge in [-0.1, -0.05) is 12.1 Å². The van der Waals surface area contributed by atoms with E-state index in [0.29, 0.717) is 16.7 Å². The number of nitrogens with zero attached hydrogens (tertiary/aromatic N) is 1. The first-order valence-corrected chi connectivity index (χ1v) is 9.08. The number of fused-ring (bicyclic) bond motifs is 1. The third-order valence-corrected chi connectivity index (χ3v) is 5.67. The van der Waals surface area contributed by atoms with Gasteiger partial charge in [0.2, 0.25) is 0 Å². The second-order valence-corrected chi connectivity index (χ2v) is 8.01. The highest BCUT2D eigenvalue weighted by Crippen LogP contribution is 2.25. The Balaban J connectivity index is 2.07. The average molecular weight is 349 g/mol. The van der Waals surface area contributed by atoms with Crippen LogP contribution in [0.25, 0.3) is 10.9 Å². The van der Waals surface area contributed by atoms with Crippen LogP contribution in [-0.2, 0) is 17.2 Å². The fourth-order valence-electron chi connectivity index (χ4n) is 2.29. The molecule has 0 saturated heterocycles. The molecular weight excluding hydrogens is 334 g/mol. The first-order valence-electron chi connectivity index (χ1n) is 6.90. The molecule has 1 heterocycles. The summed E-state index contributed by atoms with van der Waals surface area (Å²) in [6.07, 6.45) is 0. The lowest BCUT2D eigenvalue weighted by atomic mass is 10.1. The van der Waals surface area contributed by atoms with Gasteiger partial charge >= 0.3 is 10.1 Å². The van der Waals surface area contributed by atoms with E-state index in [1.165, 1.54) is 12.1 Å². The van der Waals surface area contributed by atoms with Crippen molar-refractivity contribution in [3.05, 3.63) is 57.1 Å². The molecule has 0 N–H and O–H groups in total. The molecule has 23 heavy (non-hydrogen) atoms. The number of rotatable bonds is 3. The Morgan fingerprint density at radius 1 is 1.09 bits per heavy atom. The second kappa shape index (κ2) is 5.50. The monoisotopic (exact) mass is 349 g/mol. The molecule has 5 nitrogen and oxygen atoms in total. The minimum absolute atomic E-state index is 0.0265. The molecule has 0 saturated carbocycles. The van der Waals surface area contributed by atoms with Crippen LogP contribution in [0.3, 0.4) is 0 Å². The van der Waals surface area contributed by atoms with Crippen LogP contribution in [0.1, 0.15) is 11.1 Å². The zero-order valence-corrected chi connectivity index (χ0v) is 14.5. The summed E-state index contributed by atoms with van der Waals surface area (Å²) in [5, 5.41) is 0.378. The van der Waals surface area contributed by atoms with E-state index in [9.17, 15) is 13.2 Å². The fourth-order valence-corrected chi connectivity index (χ4v) is 4.07. The third-order valence-electron chi connectivity index (χ3n) is 3.58. The van der Waals surface area contributed by atoms with Gasteiger partial charge in [0.05, 0.1) is 10.9 Å². The predicted octanol–water partition coefficient (Wildman–Crippen LogP) is 2.98. The smallest absolute Gasteiger partial charge is 0.339 e. The van der Waals surface area contributed by atoms with Crippen molar-refractivity contribution in [3.8, 4) is 5.75 Å². The topological polar surface area (TPSA) is 65.4 Å². The molecule has 0 unspecified atom stereocenters. The van der Waals surface area contributed by atoms with Crippen LogP contribution in [0.15, 0.2) is 46.1 Å². The molecule has 0 aliphatic carbocycles. The lowest BCUT2D eigenvalue weighted by Gasteiger charge is -2.10. The van der Waals surface area contributed by atoms with Gasteiger partial charge in [-0.15, -0.1) is 0 Å². The highest BCUT2D eigenvalue weighted by atomic mass is 32.2. The zero-order valence-electron chi connectivity index (χ0n) is 12.9. The van der Waals surface area contributed by atoms with E-state index < -0.39 is 10.1 Å². The Morgan fingerprint density at radius 3 is 2.57 bits per heavy atom. The standard InChI is InChI=1S/C16H15NO4S2/c1-10-4-5-11(2)15(8-10)21-23(19,20)12-6-7-14-13(9-12)16(18)22-17(14)3/h4-9H,1-3H3. The number of hydrogen-bond acceptors (Lipinski definition) is 5. The van der Waals surface area contributed by atoms with Gasteiger partial charge in [0.25, 0.3) is 4.74 Å². The lowest BCUT2D eigenvalue weighted by Crippen LogP contribution is -2.11. The van der Waals surface area contributed by atoms with Crippen molar-refractivity contribution in [2.75, 3.05) is 0 Å². The van der Waals surface area contributed by atoms with Crippen LogP contribution in [0.5, 0.6) is 5.75 Å². The first-order chi connectivity index (χ1) is 10.8. The first kappa shape index (κ1) is 15.8. The Labute approximate surface area is 138 Å². The van der Waals surface area contributed by atoms with Gasteiger partial charge in [-0.25, -0.2) is 0 Å². The highest BCUT2D eigenvalue weighted by Gasteiger charge is 2.20. The van der Waals surface area contributed by atoms with Crippen LogP contribution < -0.4 is 8.93 Å². The van der Waals surface area contributed by atoms with Crippen molar-refractivity contribution in [2.24, 2.45) is 7.05 Å². The maximum absolute atomic E-state index is 12.5. The van der Waals surface area contributed by atoms with E-state index >= 15 is 0 Å². The van der Waals surface area contributed by atoms with Gasteiger partial charge in [0, 0.05) is 7.05 Å². The van der Waals surface area contributed by atoms with Gasteiger partial charge < -0.3 is 4.18 Å². The molecule has 0 aliphatic heterocycles. The van der Waals surface area contributed by atoms with Crippen molar-refractivity contribution in [2.45, 2.75) is 18.7 Å². The van der Waals surface area contributed by atoms with Crippen molar-refractivity contribution in [1.29, 1.82) is 0 Å². The summed E-state index contributed by atoms with van der Waals surface area (Å²) in [5.74, 6) is 0.295. The third kappa shape index (κ3) is 2.89. The van der Waals surface area contributed by atoms with E-state index in [1.807, 2.05) is 13.0 Å². The average Bonchev–Trinajstić information content (AvgIpc) is 2.77. The van der Waals surface area contributed by atoms with Crippen molar-refractivity contribution < 1.29 is 12.6 Å². The Kier molecular flexibility index (Phi) is 3.77. The molecule has 3 rings (SSSR count). The molecule has 0 aliphatic rings. The SMILES string of the molecule is Cc1ccc(C)c(OS(=O)(=O)c2ccc3c(c2)c(=O)sn3C)c1. The van der Waals surface area contributed by atoms with Crippen LogP contribution in [0.2, 0.25) is 0 Å². The van der Waals surface area contributed by atoms with E-state index in [-0.39, 0.29) is 9.64 Å². The molecule has 0 amide bonds. The zero-order chi connectivity index (χ0) is 16.8. The quantitative estimate of drug-likeness (QED) is 0.682. The van der Waals surface area contributed by atoms with Crippen LogP contribution in [-0.4, -0.2) is 12.4 Å².